The predicted molar refractivity (Wildman–Crippen MR) is 110 cm³/mol. The summed E-state index contributed by atoms with van der Waals surface area (Å²) in [6.07, 6.45) is 0. The van der Waals surface area contributed by atoms with Crippen LogP contribution in [-0.2, 0) is 0 Å². The minimum Gasteiger partial charge on any atom is -0.423 e. The van der Waals surface area contributed by atoms with Crippen molar-refractivity contribution in [2.24, 2.45) is 0 Å². The Morgan fingerprint density at radius 3 is 1.18 bits per heavy atom. The van der Waals surface area contributed by atoms with Gasteiger partial charge in [-0.2, -0.15) is 0 Å². The molecule has 4 rings (SSSR count). The average molecular weight is 370 g/mol. The smallest absolute Gasteiger partial charge is 0.423 e. The van der Waals surface area contributed by atoms with Crippen LogP contribution in [0.5, 0.6) is 0 Å². The van der Waals surface area contributed by atoms with Crippen molar-refractivity contribution in [2.75, 3.05) is 0 Å². The van der Waals surface area contributed by atoms with Crippen LogP contribution < -0.4 is 10.9 Å². The third-order valence-electron chi connectivity index (χ3n) is 4.54. The van der Waals surface area contributed by atoms with Crippen LogP contribution in [0.1, 0.15) is 0 Å². The lowest BCUT2D eigenvalue weighted by molar-refractivity contribution is 0.424. The summed E-state index contributed by atoms with van der Waals surface area (Å²) in [6, 6.07) is 21.1. The molecule has 0 unspecified atom stereocenters. The van der Waals surface area contributed by atoms with Gasteiger partial charge in [0.2, 0.25) is 0 Å². The lowest BCUT2D eigenvalue weighted by Crippen LogP contribution is -2.29. The van der Waals surface area contributed by atoms with E-state index in [1.807, 2.05) is 24.3 Å². The van der Waals surface area contributed by atoms with E-state index in [1.165, 1.54) is 0 Å². The van der Waals surface area contributed by atoms with Crippen molar-refractivity contribution in [1.29, 1.82) is 0 Å². The van der Waals surface area contributed by atoms with Crippen LogP contribution >= 0.6 is 0 Å². The molecule has 4 N–H and O–H groups in total. The minimum atomic E-state index is -1.53. The molecule has 0 spiro atoms. The highest BCUT2D eigenvalue weighted by molar-refractivity contribution is 6.59. The maximum Gasteiger partial charge on any atom is 0.488 e. The SMILES string of the molecule is OB(O)c1ccc(-c2nc3ccccc3nc2-c2ccc(B(O)O)cc2)cc1. The molecular weight excluding hydrogens is 354 g/mol. The van der Waals surface area contributed by atoms with Crippen LogP contribution in [0.2, 0.25) is 0 Å². The fourth-order valence-corrected chi connectivity index (χ4v) is 3.03. The summed E-state index contributed by atoms with van der Waals surface area (Å²) in [5, 5.41) is 37.3. The van der Waals surface area contributed by atoms with E-state index in [1.54, 1.807) is 48.5 Å². The fraction of sp³-hybridized carbons (Fsp3) is 0. The maximum absolute atomic E-state index is 9.32. The normalized spacial score (nSPS) is 10.9. The molecule has 136 valence electrons. The molecule has 0 saturated carbocycles. The van der Waals surface area contributed by atoms with Crippen molar-refractivity contribution in [1.82, 2.24) is 9.97 Å². The second-order valence-electron chi connectivity index (χ2n) is 6.40. The monoisotopic (exact) mass is 370 g/mol. The number of benzene rings is 3. The molecule has 0 aliphatic heterocycles. The number of para-hydroxylation sites is 2. The molecule has 0 radical (unpaired) electrons. The first kappa shape index (κ1) is 18.3. The molecule has 0 aliphatic rings. The summed E-state index contributed by atoms with van der Waals surface area (Å²) in [5.41, 5.74) is 5.13. The quantitative estimate of drug-likeness (QED) is 0.386. The van der Waals surface area contributed by atoms with Crippen LogP contribution in [0.4, 0.5) is 0 Å². The summed E-state index contributed by atoms with van der Waals surface area (Å²) in [5.74, 6) is 0. The first-order valence-corrected chi connectivity index (χ1v) is 8.72. The Balaban J connectivity index is 1.89. The van der Waals surface area contributed by atoms with E-state index >= 15 is 0 Å². The predicted octanol–water partition coefficient (Wildman–Crippen LogP) is 0.323. The van der Waals surface area contributed by atoms with Gasteiger partial charge in [0.15, 0.2) is 0 Å². The molecule has 0 fully saturated rings. The summed E-state index contributed by atoms with van der Waals surface area (Å²) < 4.78 is 0. The Labute approximate surface area is 162 Å². The molecule has 1 aromatic heterocycles. The van der Waals surface area contributed by atoms with E-state index in [0.29, 0.717) is 22.3 Å². The van der Waals surface area contributed by atoms with Gasteiger partial charge < -0.3 is 20.1 Å². The van der Waals surface area contributed by atoms with E-state index in [0.717, 1.165) is 22.2 Å². The van der Waals surface area contributed by atoms with E-state index in [-0.39, 0.29) is 0 Å². The molecule has 0 bridgehead atoms. The van der Waals surface area contributed by atoms with Crippen molar-refractivity contribution >= 4 is 36.2 Å². The van der Waals surface area contributed by atoms with Gasteiger partial charge in [-0.15, -0.1) is 0 Å². The maximum atomic E-state index is 9.32. The Bertz CT molecular complexity index is 1030. The first-order chi connectivity index (χ1) is 13.5. The number of hydrogen-bond donors (Lipinski definition) is 4. The van der Waals surface area contributed by atoms with Crippen LogP contribution in [-0.4, -0.2) is 44.3 Å². The van der Waals surface area contributed by atoms with Gasteiger partial charge in [-0.3, -0.25) is 0 Å². The van der Waals surface area contributed by atoms with E-state index in [9.17, 15) is 20.1 Å². The molecule has 0 amide bonds. The molecule has 4 aromatic rings. The summed E-state index contributed by atoms with van der Waals surface area (Å²) in [7, 11) is -3.07. The van der Waals surface area contributed by atoms with Crippen LogP contribution in [0.15, 0.2) is 72.8 Å². The first-order valence-electron chi connectivity index (χ1n) is 8.72. The number of hydrogen-bond acceptors (Lipinski definition) is 6. The van der Waals surface area contributed by atoms with Crippen LogP contribution in [0.3, 0.4) is 0 Å². The highest BCUT2D eigenvalue weighted by Gasteiger charge is 2.16. The van der Waals surface area contributed by atoms with Crippen molar-refractivity contribution in [3.8, 4) is 22.5 Å². The van der Waals surface area contributed by atoms with E-state index in [4.69, 9.17) is 9.97 Å². The zero-order valence-corrected chi connectivity index (χ0v) is 14.8. The molecular formula is C20H16B2N2O4. The van der Waals surface area contributed by atoms with Crippen molar-refractivity contribution in [2.45, 2.75) is 0 Å². The molecule has 1 heterocycles. The van der Waals surface area contributed by atoms with Crippen LogP contribution in [0, 0.1) is 0 Å². The molecule has 8 heteroatoms. The number of aromatic nitrogens is 2. The second kappa shape index (κ2) is 7.53. The van der Waals surface area contributed by atoms with Gasteiger partial charge in [-0.05, 0) is 23.1 Å². The highest BCUT2D eigenvalue weighted by atomic mass is 16.4. The van der Waals surface area contributed by atoms with Gasteiger partial charge >= 0.3 is 14.2 Å². The molecule has 0 saturated heterocycles. The Kier molecular flexibility index (Phi) is 4.93. The molecule has 6 nitrogen and oxygen atoms in total. The van der Waals surface area contributed by atoms with E-state index in [2.05, 4.69) is 0 Å². The minimum absolute atomic E-state index is 0.389. The van der Waals surface area contributed by atoms with Gasteiger partial charge in [0.25, 0.3) is 0 Å². The summed E-state index contributed by atoms with van der Waals surface area (Å²) in [4.78, 5) is 9.54. The number of fused-ring (bicyclic) bond motifs is 1. The molecule has 0 atom stereocenters. The zero-order valence-electron chi connectivity index (χ0n) is 14.8. The second-order valence-corrected chi connectivity index (χ2v) is 6.40. The van der Waals surface area contributed by atoms with Crippen LogP contribution in [0.25, 0.3) is 33.5 Å². The van der Waals surface area contributed by atoms with Gasteiger partial charge in [-0.1, -0.05) is 60.7 Å². The zero-order chi connectivity index (χ0) is 19.7. The van der Waals surface area contributed by atoms with Crippen molar-refractivity contribution < 1.29 is 20.1 Å². The van der Waals surface area contributed by atoms with Gasteiger partial charge in [0.1, 0.15) is 0 Å². The molecule has 3 aromatic carbocycles. The lowest BCUT2D eigenvalue weighted by atomic mass is 9.79. The van der Waals surface area contributed by atoms with Crippen molar-refractivity contribution in [3.05, 3.63) is 72.8 Å². The van der Waals surface area contributed by atoms with E-state index < -0.39 is 14.2 Å². The fourth-order valence-electron chi connectivity index (χ4n) is 3.03. The van der Waals surface area contributed by atoms with Crippen molar-refractivity contribution in [3.63, 3.8) is 0 Å². The Morgan fingerprint density at radius 1 is 0.500 bits per heavy atom. The third-order valence-corrected chi connectivity index (χ3v) is 4.54. The Hall–Kier alpha value is -3.03. The standard InChI is InChI=1S/C20H16B2N2O4/c25-21(26)15-9-5-13(6-10-15)19-20(14-7-11-16(12-8-14)22(27)28)24-18-4-2-1-3-17(18)23-19/h1-12,25-28H. The van der Waals surface area contributed by atoms with Gasteiger partial charge in [-0.25, -0.2) is 9.97 Å². The molecule has 0 aliphatic carbocycles. The topological polar surface area (TPSA) is 107 Å². The average Bonchev–Trinajstić information content (AvgIpc) is 2.73. The summed E-state index contributed by atoms with van der Waals surface area (Å²) in [6.45, 7) is 0. The number of rotatable bonds is 4. The van der Waals surface area contributed by atoms with Gasteiger partial charge in [0.05, 0.1) is 22.4 Å². The Morgan fingerprint density at radius 2 is 0.857 bits per heavy atom. The third kappa shape index (κ3) is 3.54. The van der Waals surface area contributed by atoms with Gasteiger partial charge in [0, 0.05) is 11.1 Å². The molecule has 28 heavy (non-hydrogen) atoms. The lowest BCUT2D eigenvalue weighted by Gasteiger charge is -2.12. The highest BCUT2D eigenvalue weighted by Crippen LogP contribution is 2.30. The number of nitrogens with zero attached hydrogens (tertiary/aromatic N) is 2. The largest absolute Gasteiger partial charge is 0.488 e. The summed E-state index contributed by atoms with van der Waals surface area (Å²) >= 11 is 0.